The number of benzene rings is 1. The average molecular weight is 261 g/mol. The van der Waals surface area contributed by atoms with Crippen molar-refractivity contribution in [2.24, 2.45) is 0 Å². The number of hydrogen-bond acceptors (Lipinski definition) is 3. The number of morpholine rings is 1. The van der Waals surface area contributed by atoms with Crippen LogP contribution >= 0.6 is 0 Å². The van der Waals surface area contributed by atoms with Crippen LogP contribution in [0.2, 0.25) is 0 Å². The molecule has 1 saturated heterocycles. The van der Waals surface area contributed by atoms with Gasteiger partial charge in [0.15, 0.2) is 0 Å². The highest BCUT2D eigenvalue weighted by Gasteiger charge is 2.37. The lowest BCUT2D eigenvalue weighted by atomic mass is 9.76. The summed E-state index contributed by atoms with van der Waals surface area (Å²) >= 11 is 0. The Morgan fingerprint density at radius 2 is 2.21 bits per heavy atom. The molecule has 0 saturated carbocycles. The van der Waals surface area contributed by atoms with Crippen molar-refractivity contribution in [2.75, 3.05) is 19.7 Å². The third-order valence-electron chi connectivity index (χ3n) is 3.99. The van der Waals surface area contributed by atoms with E-state index in [0.29, 0.717) is 13.1 Å². The van der Waals surface area contributed by atoms with Crippen molar-refractivity contribution < 1.29 is 14.6 Å². The molecule has 3 atom stereocenters. The summed E-state index contributed by atoms with van der Waals surface area (Å²) in [7, 11) is 0. The van der Waals surface area contributed by atoms with Crippen LogP contribution in [0.25, 0.3) is 0 Å². The van der Waals surface area contributed by atoms with Gasteiger partial charge in [-0.1, -0.05) is 24.3 Å². The van der Waals surface area contributed by atoms with E-state index in [-0.39, 0.29) is 30.6 Å². The lowest BCUT2D eigenvalue weighted by Gasteiger charge is -2.40. The van der Waals surface area contributed by atoms with Crippen LogP contribution < -0.4 is 0 Å². The SMILES string of the molecule is CC1CN(C(=O)C2Cc3ccccc32)CC(CO)O1. The number of aliphatic hydroxyl groups is 1. The molecule has 1 aromatic rings. The Morgan fingerprint density at radius 1 is 1.42 bits per heavy atom. The van der Waals surface area contributed by atoms with Gasteiger partial charge < -0.3 is 14.7 Å². The summed E-state index contributed by atoms with van der Waals surface area (Å²) in [5.41, 5.74) is 2.44. The first-order chi connectivity index (χ1) is 9.19. The van der Waals surface area contributed by atoms with E-state index in [0.717, 1.165) is 12.0 Å². The third kappa shape index (κ3) is 2.26. The van der Waals surface area contributed by atoms with Crippen LogP contribution in [-0.4, -0.2) is 47.8 Å². The maximum absolute atomic E-state index is 12.5. The molecule has 1 aliphatic carbocycles. The molecule has 0 bridgehead atoms. The van der Waals surface area contributed by atoms with Gasteiger partial charge >= 0.3 is 0 Å². The van der Waals surface area contributed by atoms with Crippen molar-refractivity contribution in [3.63, 3.8) is 0 Å². The number of hydrogen-bond donors (Lipinski definition) is 1. The minimum atomic E-state index is -0.247. The van der Waals surface area contributed by atoms with Gasteiger partial charge in [0, 0.05) is 13.1 Å². The van der Waals surface area contributed by atoms with Crippen molar-refractivity contribution in [1.82, 2.24) is 4.90 Å². The molecule has 3 unspecified atom stereocenters. The highest BCUT2D eigenvalue weighted by Crippen LogP contribution is 2.36. The zero-order chi connectivity index (χ0) is 13.4. The summed E-state index contributed by atoms with van der Waals surface area (Å²) in [6.07, 6.45) is 0.582. The Balaban J connectivity index is 1.72. The number of rotatable bonds is 2. The van der Waals surface area contributed by atoms with Gasteiger partial charge in [-0.05, 0) is 24.5 Å². The van der Waals surface area contributed by atoms with Crippen LogP contribution in [0.3, 0.4) is 0 Å². The van der Waals surface area contributed by atoms with Crippen LogP contribution in [0, 0.1) is 0 Å². The smallest absolute Gasteiger partial charge is 0.230 e. The summed E-state index contributed by atoms with van der Waals surface area (Å²) < 4.78 is 5.57. The van der Waals surface area contributed by atoms with Gasteiger partial charge in [0.2, 0.25) is 5.91 Å². The second-order valence-corrected chi connectivity index (χ2v) is 5.45. The van der Waals surface area contributed by atoms with Gasteiger partial charge in [-0.2, -0.15) is 0 Å². The zero-order valence-corrected chi connectivity index (χ0v) is 11.1. The highest BCUT2D eigenvalue weighted by atomic mass is 16.5. The van der Waals surface area contributed by atoms with Crippen molar-refractivity contribution >= 4 is 5.91 Å². The summed E-state index contributed by atoms with van der Waals surface area (Å²) in [5.74, 6) is 0.174. The normalized spacial score (nSPS) is 29.6. The van der Waals surface area contributed by atoms with Gasteiger partial charge in [0.1, 0.15) is 0 Å². The average Bonchev–Trinajstić information content (AvgIpc) is 2.39. The number of ether oxygens (including phenoxy) is 1. The van der Waals surface area contributed by atoms with Gasteiger partial charge in [-0.15, -0.1) is 0 Å². The quantitative estimate of drug-likeness (QED) is 0.862. The van der Waals surface area contributed by atoms with E-state index in [9.17, 15) is 9.90 Å². The largest absolute Gasteiger partial charge is 0.394 e. The molecule has 2 aliphatic rings. The van der Waals surface area contributed by atoms with Crippen molar-refractivity contribution in [3.8, 4) is 0 Å². The van der Waals surface area contributed by atoms with Crippen molar-refractivity contribution in [3.05, 3.63) is 35.4 Å². The monoisotopic (exact) mass is 261 g/mol. The fourth-order valence-electron chi connectivity index (χ4n) is 3.03. The first kappa shape index (κ1) is 12.6. The van der Waals surface area contributed by atoms with Crippen LogP contribution in [0.4, 0.5) is 0 Å². The molecule has 1 N–H and O–H groups in total. The molecule has 4 heteroatoms. The molecular weight excluding hydrogens is 242 g/mol. The van der Waals surface area contributed by atoms with Gasteiger partial charge in [-0.3, -0.25) is 4.79 Å². The molecule has 1 aliphatic heterocycles. The fraction of sp³-hybridized carbons (Fsp3) is 0.533. The first-order valence-corrected chi connectivity index (χ1v) is 6.82. The number of aliphatic hydroxyl groups excluding tert-OH is 1. The van der Waals surface area contributed by atoms with E-state index in [1.165, 1.54) is 5.56 Å². The van der Waals surface area contributed by atoms with E-state index in [1.54, 1.807) is 0 Å². The molecule has 1 amide bonds. The molecule has 1 aromatic carbocycles. The third-order valence-corrected chi connectivity index (χ3v) is 3.99. The van der Waals surface area contributed by atoms with Gasteiger partial charge in [-0.25, -0.2) is 0 Å². The number of fused-ring (bicyclic) bond motifs is 1. The Bertz CT molecular complexity index is 488. The van der Waals surface area contributed by atoms with E-state index in [2.05, 4.69) is 6.07 Å². The fourth-order valence-corrected chi connectivity index (χ4v) is 3.03. The Morgan fingerprint density at radius 3 is 2.95 bits per heavy atom. The van der Waals surface area contributed by atoms with E-state index < -0.39 is 0 Å². The zero-order valence-electron chi connectivity index (χ0n) is 11.1. The topological polar surface area (TPSA) is 49.8 Å². The van der Waals surface area contributed by atoms with Crippen molar-refractivity contribution in [2.45, 2.75) is 31.5 Å². The predicted octanol–water partition coefficient (Wildman–Crippen LogP) is 0.935. The number of amides is 1. The highest BCUT2D eigenvalue weighted by molar-refractivity contribution is 5.87. The number of carbonyl (C=O) groups is 1. The maximum atomic E-state index is 12.5. The van der Waals surface area contributed by atoms with Crippen molar-refractivity contribution in [1.29, 1.82) is 0 Å². The van der Waals surface area contributed by atoms with E-state index in [4.69, 9.17) is 4.74 Å². The minimum Gasteiger partial charge on any atom is -0.394 e. The summed E-state index contributed by atoms with van der Waals surface area (Å²) in [6.45, 7) is 3.03. The van der Waals surface area contributed by atoms with Crippen LogP contribution in [0.15, 0.2) is 24.3 Å². The molecule has 3 rings (SSSR count). The summed E-state index contributed by atoms with van der Waals surface area (Å²) in [5, 5.41) is 9.21. The first-order valence-electron chi connectivity index (χ1n) is 6.82. The van der Waals surface area contributed by atoms with Crippen LogP contribution in [0.1, 0.15) is 24.0 Å². The molecule has 1 fully saturated rings. The van der Waals surface area contributed by atoms with Gasteiger partial charge in [0.05, 0.1) is 24.7 Å². The summed E-state index contributed by atoms with van der Waals surface area (Å²) in [4.78, 5) is 14.4. The number of nitrogens with zero attached hydrogens (tertiary/aromatic N) is 1. The lowest BCUT2D eigenvalue weighted by Crippen LogP contribution is -2.52. The number of carbonyl (C=O) groups excluding carboxylic acids is 1. The molecule has 0 aromatic heterocycles. The molecular formula is C15H19NO3. The summed E-state index contributed by atoms with van der Waals surface area (Å²) in [6, 6.07) is 8.11. The molecule has 4 nitrogen and oxygen atoms in total. The molecule has 102 valence electrons. The van der Waals surface area contributed by atoms with E-state index in [1.807, 2.05) is 30.0 Å². The van der Waals surface area contributed by atoms with Crippen LogP contribution in [0.5, 0.6) is 0 Å². The van der Waals surface area contributed by atoms with E-state index >= 15 is 0 Å². The maximum Gasteiger partial charge on any atom is 0.230 e. The predicted molar refractivity (Wildman–Crippen MR) is 70.9 cm³/mol. The molecule has 0 spiro atoms. The molecule has 0 radical (unpaired) electrons. The Hall–Kier alpha value is -1.39. The lowest BCUT2D eigenvalue weighted by molar-refractivity contribution is -0.149. The second-order valence-electron chi connectivity index (χ2n) is 5.45. The van der Waals surface area contributed by atoms with Gasteiger partial charge in [0.25, 0.3) is 0 Å². The second kappa shape index (κ2) is 4.94. The molecule has 1 heterocycles. The van der Waals surface area contributed by atoms with Crippen LogP contribution in [-0.2, 0) is 16.0 Å². The molecule has 19 heavy (non-hydrogen) atoms. The standard InChI is InChI=1S/C15H19NO3/c1-10-7-16(8-12(9-17)19-10)15(18)14-6-11-4-2-3-5-13(11)14/h2-5,10,12,14,17H,6-9H2,1H3. The minimum absolute atomic E-state index is 0.000780. The Labute approximate surface area is 113 Å². The Kier molecular flexibility index (Phi) is 3.29.